The SMILES string of the molecule is O=C(O)Cc1cc(C(=O)c2cccc(Cl)c2)ccc1O. The minimum atomic E-state index is -1.08. The number of hydrogen-bond acceptors (Lipinski definition) is 3. The van der Waals surface area contributed by atoms with Crippen molar-refractivity contribution in [3.63, 3.8) is 0 Å². The van der Waals surface area contributed by atoms with Crippen molar-refractivity contribution in [1.29, 1.82) is 0 Å². The van der Waals surface area contributed by atoms with Crippen molar-refractivity contribution >= 4 is 23.4 Å². The number of phenolic OH excluding ortho intramolecular Hbond substituents is 1. The van der Waals surface area contributed by atoms with Crippen LogP contribution in [0.5, 0.6) is 5.75 Å². The molecule has 0 aliphatic heterocycles. The van der Waals surface area contributed by atoms with E-state index < -0.39 is 5.97 Å². The molecule has 102 valence electrons. The molecule has 0 saturated carbocycles. The molecule has 0 radical (unpaired) electrons. The smallest absolute Gasteiger partial charge is 0.307 e. The third-order valence-electron chi connectivity index (χ3n) is 2.77. The van der Waals surface area contributed by atoms with Gasteiger partial charge in [0, 0.05) is 21.7 Å². The lowest BCUT2D eigenvalue weighted by Crippen LogP contribution is -2.05. The van der Waals surface area contributed by atoms with Crippen molar-refractivity contribution in [3.8, 4) is 5.75 Å². The molecular formula is C15H11ClO4. The molecule has 4 nitrogen and oxygen atoms in total. The average molecular weight is 291 g/mol. The molecule has 0 aliphatic rings. The van der Waals surface area contributed by atoms with Gasteiger partial charge in [-0.1, -0.05) is 23.7 Å². The van der Waals surface area contributed by atoms with Gasteiger partial charge in [0.25, 0.3) is 0 Å². The van der Waals surface area contributed by atoms with Gasteiger partial charge in [-0.05, 0) is 30.3 Å². The van der Waals surface area contributed by atoms with Crippen LogP contribution in [0, 0.1) is 0 Å². The highest BCUT2D eigenvalue weighted by Gasteiger charge is 2.13. The molecule has 0 bridgehead atoms. The van der Waals surface area contributed by atoms with Crippen LogP contribution in [-0.2, 0) is 11.2 Å². The van der Waals surface area contributed by atoms with E-state index in [1.54, 1.807) is 18.2 Å². The molecule has 0 heterocycles. The second-order valence-corrected chi connectivity index (χ2v) is 4.69. The Kier molecular flexibility index (Phi) is 4.05. The Morgan fingerprint density at radius 3 is 2.40 bits per heavy atom. The first-order chi connectivity index (χ1) is 9.47. The van der Waals surface area contributed by atoms with Crippen LogP contribution in [-0.4, -0.2) is 22.0 Å². The fraction of sp³-hybridized carbons (Fsp3) is 0.0667. The summed E-state index contributed by atoms with van der Waals surface area (Å²) < 4.78 is 0. The van der Waals surface area contributed by atoms with Gasteiger partial charge in [-0.3, -0.25) is 9.59 Å². The van der Waals surface area contributed by atoms with E-state index in [0.29, 0.717) is 16.1 Å². The summed E-state index contributed by atoms with van der Waals surface area (Å²) in [5.41, 5.74) is 0.913. The van der Waals surface area contributed by atoms with Gasteiger partial charge in [0.2, 0.25) is 0 Å². The number of rotatable bonds is 4. The number of aromatic hydroxyl groups is 1. The average Bonchev–Trinajstić information content (AvgIpc) is 2.40. The van der Waals surface area contributed by atoms with Gasteiger partial charge >= 0.3 is 5.97 Å². The van der Waals surface area contributed by atoms with E-state index in [1.807, 2.05) is 0 Å². The number of carbonyl (C=O) groups is 2. The minimum absolute atomic E-state index is 0.143. The van der Waals surface area contributed by atoms with E-state index in [9.17, 15) is 14.7 Å². The number of hydrogen-bond donors (Lipinski definition) is 2. The summed E-state index contributed by atoms with van der Waals surface area (Å²) in [5, 5.41) is 18.8. The Morgan fingerprint density at radius 1 is 1.05 bits per heavy atom. The Balaban J connectivity index is 2.38. The zero-order valence-corrected chi connectivity index (χ0v) is 11.1. The predicted molar refractivity (Wildman–Crippen MR) is 74.3 cm³/mol. The number of benzene rings is 2. The molecule has 5 heteroatoms. The first kappa shape index (κ1) is 14.1. The highest BCUT2D eigenvalue weighted by molar-refractivity contribution is 6.31. The molecule has 2 rings (SSSR count). The lowest BCUT2D eigenvalue weighted by atomic mass is 10.00. The second-order valence-electron chi connectivity index (χ2n) is 4.25. The number of carboxylic acids is 1. The molecule has 0 atom stereocenters. The summed E-state index contributed by atoms with van der Waals surface area (Å²) in [5.74, 6) is -1.50. The van der Waals surface area contributed by atoms with Crippen molar-refractivity contribution in [2.75, 3.05) is 0 Å². The first-order valence-corrected chi connectivity index (χ1v) is 6.19. The Hall–Kier alpha value is -2.33. The summed E-state index contributed by atoms with van der Waals surface area (Å²) in [7, 11) is 0. The number of carbonyl (C=O) groups excluding carboxylic acids is 1. The van der Waals surface area contributed by atoms with E-state index in [4.69, 9.17) is 16.7 Å². The van der Waals surface area contributed by atoms with E-state index in [2.05, 4.69) is 0 Å². The Labute approximate surface area is 120 Å². The number of ketones is 1. The number of phenols is 1. The maximum atomic E-state index is 12.3. The Morgan fingerprint density at radius 2 is 1.75 bits per heavy atom. The molecular weight excluding hydrogens is 280 g/mol. The Bertz CT molecular complexity index is 679. The zero-order chi connectivity index (χ0) is 14.7. The van der Waals surface area contributed by atoms with Crippen molar-refractivity contribution in [2.24, 2.45) is 0 Å². The maximum Gasteiger partial charge on any atom is 0.307 e. The molecule has 2 aromatic rings. The van der Waals surface area contributed by atoms with Gasteiger partial charge in [0.05, 0.1) is 6.42 Å². The van der Waals surface area contributed by atoms with E-state index in [1.165, 1.54) is 24.3 Å². The minimum Gasteiger partial charge on any atom is -0.508 e. The summed E-state index contributed by atoms with van der Waals surface area (Å²) in [6.45, 7) is 0. The van der Waals surface area contributed by atoms with E-state index >= 15 is 0 Å². The third kappa shape index (κ3) is 3.16. The molecule has 0 fully saturated rings. The van der Waals surface area contributed by atoms with E-state index in [0.717, 1.165) is 0 Å². The molecule has 0 aromatic heterocycles. The molecule has 20 heavy (non-hydrogen) atoms. The van der Waals surface area contributed by atoms with Crippen molar-refractivity contribution in [2.45, 2.75) is 6.42 Å². The van der Waals surface area contributed by atoms with Gasteiger partial charge in [0.1, 0.15) is 5.75 Å². The van der Waals surface area contributed by atoms with Gasteiger partial charge in [0.15, 0.2) is 5.78 Å². The van der Waals surface area contributed by atoms with Gasteiger partial charge in [-0.25, -0.2) is 0 Å². The number of halogens is 1. The first-order valence-electron chi connectivity index (χ1n) is 5.81. The van der Waals surface area contributed by atoms with Gasteiger partial charge < -0.3 is 10.2 Å². The topological polar surface area (TPSA) is 74.6 Å². The maximum absolute atomic E-state index is 12.3. The zero-order valence-electron chi connectivity index (χ0n) is 10.3. The van der Waals surface area contributed by atoms with Crippen LogP contribution >= 0.6 is 11.6 Å². The monoisotopic (exact) mass is 290 g/mol. The lowest BCUT2D eigenvalue weighted by molar-refractivity contribution is -0.136. The highest BCUT2D eigenvalue weighted by atomic mass is 35.5. The van der Waals surface area contributed by atoms with Crippen molar-refractivity contribution in [1.82, 2.24) is 0 Å². The fourth-order valence-corrected chi connectivity index (χ4v) is 2.02. The summed E-state index contributed by atoms with van der Waals surface area (Å²) in [6.07, 6.45) is -0.345. The molecule has 0 amide bonds. The molecule has 0 saturated heterocycles. The predicted octanol–water partition coefficient (Wildman–Crippen LogP) is 2.90. The van der Waals surface area contributed by atoms with Crippen LogP contribution in [0.3, 0.4) is 0 Å². The highest BCUT2D eigenvalue weighted by Crippen LogP contribution is 2.22. The van der Waals surface area contributed by atoms with Crippen LogP contribution in [0.25, 0.3) is 0 Å². The van der Waals surface area contributed by atoms with Crippen LogP contribution in [0.4, 0.5) is 0 Å². The number of aliphatic carboxylic acids is 1. The van der Waals surface area contributed by atoms with Crippen LogP contribution in [0.2, 0.25) is 5.02 Å². The molecule has 2 aromatic carbocycles. The van der Waals surface area contributed by atoms with Crippen LogP contribution in [0.15, 0.2) is 42.5 Å². The summed E-state index contributed by atoms with van der Waals surface area (Å²) >= 11 is 5.83. The van der Waals surface area contributed by atoms with Crippen LogP contribution < -0.4 is 0 Å². The second kappa shape index (κ2) is 5.75. The van der Waals surface area contributed by atoms with Gasteiger partial charge in [-0.15, -0.1) is 0 Å². The molecule has 0 unspecified atom stereocenters. The van der Waals surface area contributed by atoms with Crippen molar-refractivity contribution in [3.05, 3.63) is 64.2 Å². The fourth-order valence-electron chi connectivity index (χ4n) is 1.83. The lowest BCUT2D eigenvalue weighted by Gasteiger charge is -2.06. The third-order valence-corrected chi connectivity index (χ3v) is 3.01. The molecule has 0 aliphatic carbocycles. The quantitative estimate of drug-likeness (QED) is 0.849. The summed E-state index contributed by atoms with van der Waals surface area (Å²) in [4.78, 5) is 23.0. The van der Waals surface area contributed by atoms with Crippen LogP contribution in [0.1, 0.15) is 21.5 Å². The number of carboxylic acid groups (broad SMARTS) is 1. The molecule has 0 spiro atoms. The normalized spacial score (nSPS) is 10.2. The van der Waals surface area contributed by atoms with E-state index in [-0.39, 0.29) is 23.5 Å². The molecule has 2 N–H and O–H groups in total. The van der Waals surface area contributed by atoms with Gasteiger partial charge in [-0.2, -0.15) is 0 Å². The summed E-state index contributed by atoms with van der Waals surface area (Å²) in [6, 6.07) is 10.6. The standard InChI is InChI=1S/C15H11ClO4/c16-12-3-1-2-9(7-12)15(20)10-4-5-13(17)11(6-10)8-14(18)19/h1-7,17H,8H2,(H,18,19). The largest absolute Gasteiger partial charge is 0.508 e. The van der Waals surface area contributed by atoms with Crippen molar-refractivity contribution < 1.29 is 19.8 Å².